The lowest BCUT2D eigenvalue weighted by molar-refractivity contribution is -0.383. The van der Waals surface area contributed by atoms with Crippen molar-refractivity contribution < 1.29 is 10.0 Å². The summed E-state index contributed by atoms with van der Waals surface area (Å²) in [6, 6.07) is 10.5. The van der Waals surface area contributed by atoms with Crippen LogP contribution in [0.1, 0.15) is 5.56 Å². The van der Waals surface area contributed by atoms with E-state index < -0.39 is 0 Å². The lowest BCUT2D eigenvalue weighted by Gasteiger charge is -2.05. The molecule has 2 aromatic rings. The van der Waals surface area contributed by atoms with E-state index in [1.807, 2.05) is 24.3 Å². The first kappa shape index (κ1) is 10.6. The molecule has 0 amide bonds. The summed E-state index contributed by atoms with van der Waals surface area (Å²) in [6.45, 7) is -0.00877. The highest BCUT2D eigenvalue weighted by Crippen LogP contribution is 2.28. The molecule has 2 rings (SSSR count). The van der Waals surface area contributed by atoms with Crippen LogP contribution in [0.2, 0.25) is 0 Å². The number of rotatable bonds is 3. The topological polar surface area (TPSA) is 63.4 Å². The van der Waals surface area contributed by atoms with Crippen LogP contribution in [0.3, 0.4) is 0 Å². The molecular formula is C12H11NO3. The molecule has 2 aromatic carbocycles. The third-order valence-corrected chi connectivity index (χ3v) is 2.55. The van der Waals surface area contributed by atoms with Crippen molar-refractivity contribution in [2.45, 2.75) is 6.42 Å². The molecule has 0 unspecified atom stereocenters. The van der Waals surface area contributed by atoms with Crippen molar-refractivity contribution in [2.24, 2.45) is 0 Å². The van der Waals surface area contributed by atoms with Crippen LogP contribution in [0, 0.1) is 10.1 Å². The van der Waals surface area contributed by atoms with E-state index in [0.29, 0.717) is 11.8 Å². The predicted molar refractivity (Wildman–Crippen MR) is 61.4 cm³/mol. The highest BCUT2D eigenvalue weighted by atomic mass is 16.6. The Hall–Kier alpha value is -1.94. The van der Waals surface area contributed by atoms with Crippen LogP contribution >= 0.6 is 0 Å². The molecule has 16 heavy (non-hydrogen) atoms. The van der Waals surface area contributed by atoms with Gasteiger partial charge in [-0.15, -0.1) is 0 Å². The Morgan fingerprint density at radius 2 is 1.88 bits per heavy atom. The molecule has 0 aliphatic heterocycles. The summed E-state index contributed by atoms with van der Waals surface area (Å²) >= 11 is 0. The standard InChI is InChI=1S/C12H11NO3/c14-8-7-10-4-1-3-9-5-2-6-11(12(9)10)13(15)16/h1-6,14H,7-8H2. The number of nitro groups is 1. The molecule has 0 radical (unpaired) electrons. The number of hydrogen-bond donors (Lipinski definition) is 1. The Labute approximate surface area is 92.3 Å². The zero-order valence-electron chi connectivity index (χ0n) is 8.59. The van der Waals surface area contributed by atoms with Crippen molar-refractivity contribution in [1.29, 1.82) is 0 Å². The highest BCUT2D eigenvalue weighted by molar-refractivity contribution is 5.93. The van der Waals surface area contributed by atoms with Gasteiger partial charge in [-0.2, -0.15) is 0 Å². The predicted octanol–water partition coefficient (Wildman–Crippen LogP) is 2.28. The molecule has 0 saturated heterocycles. The van der Waals surface area contributed by atoms with Crippen molar-refractivity contribution in [2.75, 3.05) is 6.61 Å². The molecule has 0 atom stereocenters. The molecule has 0 aliphatic carbocycles. The van der Waals surface area contributed by atoms with Gasteiger partial charge in [0.1, 0.15) is 0 Å². The third kappa shape index (κ3) is 1.75. The van der Waals surface area contributed by atoms with Gasteiger partial charge in [-0.1, -0.05) is 30.3 Å². The maximum Gasteiger partial charge on any atom is 0.277 e. The first-order valence-electron chi connectivity index (χ1n) is 5.00. The van der Waals surface area contributed by atoms with Crippen LogP contribution in [0.25, 0.3) is 10.8 Å². The Balaban J connectivity index is 2.76. The number of hydrogen-bond acceptors (Lipinski definition) is 3. The van der Waals surface area contributed by atoms with Gasteiger partial charge in [0.15, 0.2) is 0 Å². The minimum Gasteiger partial charge on any atom is -0.396 e. The lowest BCUT2D eigenvalue weighted by Crippen LogP contribution is -1.96. The van der Waals surface area contributed by atoms with Gasteiger partial charge in [-0.05, 0) is 17.4 Å². The highest BCUT2D eigenvalue weighted by Gasteiger charge is 2.13. The van der Waals surface area contributed by atoms with Gasteiger partial charge >= 0.3 is 0 Å². The third-order valence-electron chi connectivity index (χ3n) is 2.55. The van der Waals surface area contributed by atoms with Crippen molar-refractivity contribution in [3.63, 3.8) is 0 Å². The fourth-order valence-electron chi connectivity index (χ4n) is 1.88. The maximum atomic E-state index is 10.9. The summed E-state index contributed by atoms with van der Waals surface area (Å²) < 4.78 is 0. The van der Waals surface area contributed by atoms with Crippen molar-refractivity contribution in [3.8, 4) is 0 Å². The summed E-state index contributed by atoms with van der Waals surface area (Å²) in [5.74, 6) is 0. The van der Waals surface area contributed by atoms with Crippen LogP contribution in [-0.4, -0.2) is 16.6 Å². The normalized spacial score (nSPS) is 10.6. The SMILES string of the molecule is O=[N+]([O-])c1cccc2cccc(CCO)c12. The molecule has 0 heterocycles. The minimum atomic E-state index is -0.386. The second kappa shape index (κ2) is 4.28. The molecule has 82 valence electrons. The largest absolute Gasteiger partial charge is 0.396 e. The molecule has 0 bridgehead atoms. The van der Waals surface area contributed by atoms with Gasteiger partial charge in [0.05, 0.1) is 10.3 Å². The Bertz CT molecular complexity index is 532. The molecule has 0 aliphatic rings. The summed E-state index contributed by atoms with van der Waals surface area (Å²) in [7, 11) is 0. The number of benzene rings is 2. The van der Waals surface area contributed by atoms with E-state index in [9.17, 15) is 10.1 Å². The molecule has 4 nitrogen and oxygen atoms in total. The van der Waals surface area contributed by atoms with Crippen LogP contribution < -0.4 is 0 Å². The van der Waals surface area contributed by atoms with Gasteiger partial charge in [0, 0.05) is 12.7 Å². The summed E-state index contributed by atoms with van der Waals surface area (Å²) in [5, 5.41) is 21.3. The van der Waals surface area contributed by atoms with Gasteiger partial charge in [-0.3, -0.25) is 10.1 Å². The number of nitro benzene ring substituents is 1. The zero-order valence-corrected chi connectivity index (χ0v) is 8.59. The number of aliphatic hydroxyl groups is 1. The van der Waals surface area contributed by atoms with E-state index in [1.165, 1.54) is 6.07 Å². The quantitative estimate of drug-likeness (QED) is 0.633. The van der Waals surface area contributed by atoms with Crippen molar-refractivity contribution in [1.82, 2.24) is 0 Å². The molecule has 0 saturated carbocycles. The first-order chi connectivity index (χ1) is 7.74. The molecule has 1 N–H and O–H groups in total. The Morgan fingerprint density at radius 1 is 1.19 bits per heavy atom. The smallest absolute Gasteiger partial charge is 0.277 e. The number of aliphatic hydroxyl groups excluding tert-OH is 1. The van der Waals surface area contributed by atoms with Gasteiger partial charge < -0.3 is 5.11 Å². The Morgan fingerprint density at radius 3 is 2.50 bits per heavy atom. The molecule has 0 spiro atoms. The molecule has 4 heteroatoms. The average Bonchev–Trinajstić information content (AvgIpc) is 2.29. The van der Waals surface area contributed by atoms with Crippen molar-refractivity contribution in [3.05, 3.63) is 52.1 Å². The number of non-ortho nitro benzene ring substituents is 1. The van der Waals surface area contributed by atoms with Gasteiger partial charge in [-0.25, -0.2) is 0 Å². The number of fused-ring (bicyclic) bond motifs is 1. The lowest BCUT2D eigenvalue weighted by atomic mass is 10.0. The van der Waals surface area contributed by atoms with E-state index in [1.54, 1.807) is 6.07 Å². The van der Waals surface area contributed by atoms with Crippen LogP contribution in [0.15, 0.2) is 36.4 Å². The van der Waals surface area contributed by atoms with E-state index in [2.05, 4.69) is 0 Å². The van der Waals surface area contributed by atoms with E-state index in [-0.39, 0.29) is 17.2 Å². The summed E-state index contributed by atoms with van der Waals surface area (Å²) in [4.78, 5) is 10.5. The molecule has 0 aromatic heterocycles. The fourth-order valence-corrected chi connectivity index (χ4v) is 1.88. The van der Waals surface area contributed by atoms with Crippen LogP contribution in [-0.2, 0) is 6.42 Å². The molecule has 0 fully saturated rings. The van der Waals surface area contributed by atoms with Crippen molar-refractivity contribution >= 4 is 16.5 Å². The van der Waals surface area contributed by atoms with E-state index in [0.717, 1.165) is 10.9 Å². The second-order valence-corrected chi connectivity index (χ2v) is 3.52. The first-order valence-corrected chi connectivity index (χ1v) is 5.00. The summed E-state index contributed by atoms with van der Waals surface area (Å²) in [6.07, 6.45) is 0.433. The fraction of sp³-hybridized carbons (Fsp3) is 0.167. The van der Waals surface area contributed by atoms with Gasteiger partial charge in [0.2, 0.25) is 0 Å². The van der Waals surface area contributed by atoms with E-state index in [4.69, 9.17) is 5.11 Å². The van der Waals surface area contributed by atoms with Crippen LogP contribution in [0.4, 0.5) is 5.69 Å². The maximum absolute atomic E-state index is 10.9. The van der Waals surface area contributed by atoms with Crippen LogP contribution in [0.5, 0.6) is 0 Å². The monoisotopic (exact) mass is 217 g/mol. The Kier molecular flexibility index (Phi) is 2.83. The minimum absolute atomic E-state index is 0.00877. The number of nitrogens with zero attached hydrogens (tertiary/aromatic N) is 1. The van der Waals surface area contributed by atoms with Gasteiger partial charge in [0.25, 0.3) is 5.69 Å². The molecular weight excluding hydrogens is 206 g/mol. The van der Waals surface area contributed by atoms with E-state index >= 15 is 0 Å². The average molecular weight is 217 g/mol. The zero-order chi connectivity index (χ0) is 11.5. The summed E-state index contributed by atoms with van der Waals surface area (Å²) in [5.41, 5.74) is 0.911. The second-order valence-electron chi connectivity index (χ2n) is 3.52.